The number of anilines is 1. The van der Waals surface area contributed by atoms with Crippen LogP contribution in [0.2, 0.25) is 0 Å². The van der Waals surface area contributed by atoms with Crippen molar-refractivity contribution in [2.75, 3.05) is 5.32 Å². The molecule has 3 nitrogen and oxygen atoms in total. The van der Waals surface area contributed by atoms with Crippen LogP contribution in [0.4, 0.5) is 5.82 Å². The van der Waals surface area contributed by atoms with Crippen LogP contribution in [-0.4, -0.2) is 9.97 Å². The molecule has 0 atom stereocenters. The molecule has 82 valence electrons. The molecule has 0 aliphatic heterocycles. The lowest BCUT2D eigenvalue weighted by molar-refractivity contribution is 0.987. The van der Waals surface area contributed by atoms with Gasteiger partial charge in [-0.2, -0.15) is 0 Å². The highest BCUT2D eigenvalue weighted by atomic mass is 15.0. The van der Waals surface area contributed by atoms with Gasteiger partial charge in [-0.3, -0.25) is 0 Å². The minimum atomic E-state index is 0.793. The van der Waals surface area contributed by atoms with Gasteiger partial charge in [0.1, 0.15) is 12.1 Å². The fourth-order valence-electron chi connectivity index (χ4n) is 1.48. The molecule has 0 bridgehead atoms. The fraction of sp³-hybridized carbons (Fsp3) is 0.231. The molecule has 3 heteroatoms. The third-order valence-electron chi connectivity index (χ3n) is 2.40. The molecule has 0 fully saturated rings. The van der Waals surface area contributed by atoms with Gasteiger partial charge >= 0.3 is 0 Å². The van der Waals surface area contributed by atoms with Gasteiger partial charge in [0.25, 0.3) is 0 Å². The predicted molar refractivity (Wildman–Crippen MR) is 65.2 cm³/mol. The van der Waals surface area contributed by atoms with Crippen molar-refractivity contribution in [2.24, 2.45) is 0 Å². The molecule has 1 N–H and O–H groups in total. The molecule has 0 amide bonds. The summed E-state index contributed by atoms with van der Waals surface area (Å²) in [5.41, 5.74) is 2.31. The van der Waals surface area contributed by atoms with Crippen LogP contribution in [0.3, 0.4) is 0 Å². The Morgan fingerprint density at radius 3 is 2.69 bits per heavy atom. The highest BCUT2D eigenvalue weighted by molar-refractivity contribution is 5.36. The first kappa shape index (κ1) is 10.6. The summed E-state index contributed by atoms with van der Waals surface area (Å²) in [4.78, 5) is 8.34. The quantitative estimate of drug-likeness (QED) is 0.848. The first-order valence-electron chi connectivity index (χ1n) is 5.47. The SMILES string of the molecule is CCc1cc(NCc2ccccc2)ncn1. The number of benzene rings is 1. The second-order valence-corrected chi connectivity index (χ2v) is 3.59. The molecule has 0 aliphatic rings. The maximum absolute atomic E-state index is 4.18. The topological polar surface area (TPSA) is 37.8 Å². The van der Waals surface area contributed by atoms with Crippen molar-refractivity contribution in [3.05, 3.63) is 54.0 Å². The molecule has 0 spiro atoms. The van der Waals surface area contributed by atoms with Crippen LogP contribution in [0, 0.1) is 0 Å². The predicted octanol–water partition coefficient (Wildman–Crippen LogP) is 2.65. The van der Waals surface area contributed by atoms with Gasteiger partial charge in [-0.15, -0.1) is 0 Å². The average molecular weight is 213 g/mol. The molecule has 2 aromatic rings. The van der Waals surface area contributed by atoms with Gasteiger partial charge in [0.15, 0.2) is 0 Å². The Hall–Kier alpha value is -1.90. The second-order valence-electron chi connectivity index (χ2n) is 3.59. The molecule has 0 saturated heterocycles. The summed E-state index contributed by atoms with van der Waals surface area (Å²) in [6.07, 6.45) is 2.54. The highest BCUT2D eigenvalue weighted by Crippen LogP contribution is 2.07. The lowest BCUT2D eigenvalue weighted by atomic mass is 10.2. The van der Waals surface area contributed by atoms with Gasteiger partial charge in [-0.1, -0.05) is 37.3 Å². The van der Waals surface area contributed by atoms with E-state index in [9.17, 15) is 0 Å². The summed E-state index contributed by atoms with van der Waals surface area (Å²) >= 11 is 0. The zero-order valence-electron chi connectivity index (χ0n) is 9.35. The van der Waals surface area contributed by atoms with E-state index in [0.29, 0.717) is 0 Å². The summed E-state index contributed by atoms with van der Waals surface area (Å²) in [6.45, 7) is 2.88. The van der Waals surface area contributed by atoms with Gasteiger partial charge in [-0.05, 0) is 12.0 Å². The van der Waals surface area contributed by atoms with Gasteiger partial charge in [0, 0.05) is 18.3 Å². The van der Waals surface area contributed by atoms with E-state index < -0.39 is 0 Å². The molecule has 1 aromatic heterocycles. The first-order valence-corrected chi connectivity index (χ1v) is 5.47. The molecule has 2 rings (SSSR count). The molecule has 16 heavy (non-hydrogen) atoms. The van der Waals surface area contributed by atoms with Crippen molar-refractivity contribution in [1.29, 1.82) is 0 Å². The number of hydrogen-bond donors (Lipinski definition) is 1. The third kappa shape index (κ3) is 2.79. The number of hydrogen-bond acceptors (Lipinski definition) is 3. The van der Waals surface area contributed by atoms with Crippen molar-refractivity contribution in [3.63, 3.8) is 0 Å². The number of nitrogens with one attached hydrogen (secondary N) is 1. The molecule has 0 saturated carbocycles. The van der Waals surface area contributed by atoms with E-state index >= 15 is 0 Å². The van der Waals surface area contributed by atoms with E-state index in [0.717, 1.165) is 24.5 Å². The van der Waals surface area contributed by atoms with Crippen molar-refractivity contribution in [1.82, 2.24) is 9.97 Å². The Balaban J connectivity index is 1.99. The van der Waals surface area contributed by atoms with Gasteiger partial charge in [0.05, 0.1) is 0 Å². The van der Waals surface area contributed by atoms with E-state index in [4.69, 9.17) is 0 Å². The molecule has 0 unspecified atom stereocenters. The van der Waals surface area contributed by atoms with Crippen LogP contribution in [0.5, 0.6) is 0 Å². The summed E-state index contributed by atoms with van der Waals surface area (Å²) in [7, 11) is 0. The van der Waals surface area contributed by atoms with E-state index in [2.05, 4.69) is 34.3 Å². The lowest BCUT2D eigenvalue weighted by Gasteiger charge is -2.06. The van der Waals surface area contributed by atoms with Crippen molar-refractivity contribution in [2.45, 2.75) is 19.9 Å². The fourth-order valence-corrected chi connectivity index (χ4v) is 1.48. The molecule has 1 aromatic carbocycles. The molecule has 0 radical (unpaired) electrons. The molecule has 1 heterocycles. The minimum Gasteiger partial charge on any atom is -0.366 e. The summed E-state index contributed by atoms with van der Waals surface area (Å²) in [6, 6.07) is 12.3. The average Bonchev–Trinajstić information content (AvgIpc) is 2.38. The van der Waals surface area contributed by atoms with Crippen molar-refractivity contribution >= 4 is 5.82 Å². The molecular formula is C13H15N3. The second kappa shape index (κ2) is 5.26. The number of aromatic nitrogens is 2. The molecule has 0 aliphatic carbocycles. The normalized spacial score (nSPS) is 10.1. The van der Waals surface area contributed by atoms with Gasteiger partial charge in [-0.25, -0.2) is 9.97 Å². The minimum absolute atomic E-state index is 0.793. The standard InChI is InChI=1S/C13H15N3/c1-2-12-8-13(16-10-15-12)14-9-11-6-4-3-5-7-11/h3-8,10H,2,9H2,1H3,(H,14,15,16). The van der Waals surface area contributed by atoms with E-state index in [1.807, 2.05) is 24.3 Å². The Morgan fingerprint density at radius 2 is 1.94 bits per heavy atom. The zero-order valence-corrected chi connectivity index (χ0v) is 9.35. The van der Waals surface area contributed by atoms with Crippen LogP contribution < -0.4 is 5.32 Å². The smallest absolute Gasteiger partial charge is 0.129 e. The van der Waals surface area contributed by atoms with Crippen LogP contribution in [0.25, 0.3) is 0 Å². The van der Waals surface area contributed by atoms with Crippen LogP contribution in [0.1, 0.15) is 18.2 Å². The van der Waals surface area contributed by atoms with Gasteiger partial charge in [0.2, 0.25) is 0 Å². The third-order valence-corrected chi connectivity index (χ3v) is 2.40. The van der Waals surface area contributed by atoms with E-state index in [1.54, 1.807) is 6.33 Å². The van der Waals surface area contributed by atoms with Gasteiger partial charge < -0.3 is 5.32 Å². The van der Waals surface area contributed by atoms with E-state index in [1.165, 1.54) is 5.56 Å². The first-order chi connectivity index (χ1) is 7.88. The number of aryl methyl sites for hydroxylation is 1. The Bertz CT molecular complexity index is 440. The summed E-state index contributed by atoms with van der Waals surface area (Å²) in [5, 5.41) is 3.28. The highest BCUT2D eigenvalue weighted by Gasteiger charge is 1.96. The lowest BCUT2D eigenvalue weighted by Crippen LogP contribution is -2.02. The maximum atomic E-state index is 4.18. The van der Waals surface area contributed by atoms with Crippen LogP contribution in [0.15, 0.2) is 42.7 Å². The Labute approximate surface area is 95.6 Å². The Kier molecular flexibility index (Phi) is 3.49. The van der Waals surface area contributed by atoms with Crippen molar-refractivity contribution < 1.29 is 0 Å². The largest absolute Gasteiger partial charge is 0.366 e. The summed E-state index contributed by atoms with van der Waals surface area (Å²) < 4.78 is 0. The Morgan fingerprint density at radius 1 is 1.12 bits per heavy atom. The van der Waals surface area contributed by atoms with E-state index in [-0.39, 0.29) is 0 Å². The summed E-state index contributed by atoms with van der Waals surface area (Å²) in [5.74, 6) is 0.885. The van der Waals surface area contributed by atoms with Crippen LogP contribution >= 0.6 is 0 Å². The number of nitrogens with zero attached hydrogens (tertiary/aromatic N) is 2. The monoisotopic (exact) mass is 213 g/mol. The van der Waals surface area contributed by atoms with Crippen LogP contribution in [-0.2, 0) is 13.0 Å². The maximum Gasteiger partial charge on any atom is 0.129 e. The van der Waals surface area contributed by atoms with Crippen molar-refractivity contribution in [3.8, 4) is 0 Å². The number of rotatable bonds is 4. The molecular weight excluding hydrogens is 198 g/mol. The zero-order chi connectivity index (χ0) is 11.2.